The Morgan fingerprint density at radius 3 is 1.56 bits per heavy atom. The van der Waals surface area contributed by atoms with E-state index in [4.69, 9.17) is 5.73 Å². The van der Waals surface area contributed by atoms with Crippen LogP contribution in [0.1, 0.15) is 98.3 Å². The minimum Gasteiger partial charge on any atom is -0.325 e. The minimum atomic E-state index is 0.0418. The zero-order valence-corrected chi connectivity index (χ0v) is 13.4. The summed E-state index contributed by atoms with van der Waals surface area (Å²) in [5, 5.41) is 0. The second-order valence-electron chi connectivity index (χ2n) is 6.59. The summed E-state index contributed by atoms with van der Waals surface area (Å²) in [7, 11) is 0. The summed E-state index contributed by atoms with van der Waals surface area (Å²) in [6.45, 7) is 8.94. The number of unbranched alkanes of at least 4 members (excludes halogenated alkanes) is 9. The fourth-order valence-corrected chi connectivity index (χ4v) is 2.28. The van der Waals surface area contributed by atoms with Crippen molar-refractivity contribution in [3.05, 3.63) is 0 Å². The zero-order chi connectivity index (χ0) is 13.9. The third kappa shape index (κ3) is 9.94. The average molecular weight is 255 g/mol. The largest absolute Gasteiger partial charge is 0.325 e. The Hall–Kier alpha value is -0.0400. The lowest BCUT2D eigenvalue weighted by Crippen LogP contribution is -2.41. The van der Waals surface area contributed by atoms with Gasteiger partial charge in [0, 0.05) is 5.54 Å². The Labute approximate surface area is 116 Å². The molecule has 0 fully saturated rings. The van der Waals surface area contributed by atoms with E-state index in [-0.39, 0.29) is 5.54 Å². The van der Waals surface area contributed by atoms with E-state index in [0.29, 0.717) is 5.92 Å². The van der Waals surface area contributed by atoms with Gasteiger partial charge in [-0.05, 0) is 19.3 Å². The molecule has 1 heteroatoms. The van der Waals surface area contributed by atoms with E-state index in [2.05, 4.69) is 27.7 Å². The normalized spacial score (nSPS) is 15.0. The number of nitrogens with two attached hydrogens (primary N) is 1. The van der Waals surface area contributed by atoms with Gasteiger partial charge in [0.05, 0.1) is 0 Å². The average Bonchev–Trinajstić information content (AvgIpc) is 2.31. The Bertz CT molecular complexity index is 172. The molecular formula is C17H37N. The van der Waals surface area contributed by atoms with Crippen molar-refractivity contribution >= 4 is 0 Å². The van der Waals surface area contributed by atoms with E-state index in [0.717, 1.165) is 0 Å². The number of rotatable bonds is 12. The van der Waals surface area contributed by atoms with Crippen molar-refractivity contribution in [2.24, 2.45) is 11.7 Å². The molecule has 1 nitrogen and oxygen atoms in total. The van der Waals surface area contributed by atoms with Gasteiger partial charge in [0.2, 0.25) is 0 Å². The van der Waals surface area contributed by atoms with Crippen LogP contribution in [-0.2, 0) is 0 Å². The Balaban J connectivity index is 3.21. The molecule has 0 heterocycles. The number of hydrogen-bond donors (Lipinski definition) is 1. The second kappa shape index (κ2) is 10.8. The van der Waals surface area contributed by atoms with Gasteiger partial charge in [-0.25, -0.2) is 0 Å². The van der Waals surface area contributed by atoms with Crippen molar-refractivity contribution in [2.75, 3.05) is 0 Å². The topological polar surface area (TPSA) is 26.0 Å². The van der Waals surface area contributed by atoms with Crippen LogP contribution in [0.25, 0.3) is 0 Å². The van der Waals surface area contributed by atoms with Crippen LogP contribution in [0.3, 0.4) is 0 Å². The molecule has 0 spiro atoms. The standard InChI is InChI=1S/C17H37N/c1-5-6-7-8-9-10-11-12-13-14-15-17(4,18)16(2)3/h16H,5-15,18H2,1-4H3. The third-order valence-electron chi connectivity index (χ3n) is 4.39. The van der Waals surface area contributed by atoms with Crippen LogP contribution < -0.4 is 5.73 Å². The summed E-state index contributed by atoms with van der Waals surface area (Å²) < 4.78 is 0. The summed E-state index contributed by atoms with van der Waals surface area (Å²) in [5.41, 5.74) is 6.31. The fraction of sp³-hybridized carbons (Fsp3) is 1.00. The maximum absolute atomic E-state index is 6.27. The zero-order valence-electron chi connectivity index (χ0n) is 13.4. The van der Waals surface area contributed by atoms with E-state index in [9.17, 15) is 0 Å². The van der Waals surface area contributed by atoms with Crippen LogP contribution in [0.4, 0.5) is 0 Å². The lowest BCUT2D eigenvalue weighted by Gasteiger charge is -2.29. The summed E-state index contributed by atoms with van der Waals surface area (Å²) in [6, 6.07) is 0. The molecule has 0 saturated carbocycles. The molecule has 0 aliphatic rings. The molecule has 18 heavy (non-hydrogen) atoms. The summed E-state index contributed by atoms with van der Waals surface area (Å²) in [5.74, 6) is 0.594. The molecule has 0 bridgehead atoms. The predicted molar refractivity (Wildman–Crippen MR) is 83.9 cm³/mol. The first-order valence-electron chi connectivity index (χ1n) is 8.29. The highest BCUT2D eigenvalue weighted by atomic mass is 14.7. The van der Waals surface area contributed by atoms with Gasteiger partial charge in [0.25, 0.3) is 0 Å². The first-order chi connectivity index (χ1) is 8.50. The van der Waals surface area contributed by atoms with Gasteiger partial charge in [-0.1, -0.05) is 85.0 Å². The highest BCUT2D eigenvalue weighted by molar-refractivity contribution is 4.81. The maximum atomic E-state index is 6.27. The molecule has 110 valence electrons. The lowest BCUT2D eigenvalue weighted by atomic mass is 9.84. The van der Waals surface area contributed by atoms with Gasteiger partial charge in [-0.15, -0.1) is 0 Å². The smallest absolute Gasteiger partial charge is 0.0149 e. The summed E-state index contributed by atoms with van der Waals surface area (Å²) in [6.07, 6.45) is 15.2. The van der Waals surface area contributed by atoms with E-state index < -0.39 is 0 Å². The third-order valence-corrected chi connectivity index (χ3v) is 4.39. The summed E-state index contributed by atoms with van der Waals surface area (Å²) >= 11 is 0. The molecule has 1 atom stereocenters. The minimum absolute atomic E-state index is 0.0418. The van der Waals surface area contributed by atoms with Gasteiger partial charge in [-0.2, -0.15) is 0 Å². The molecular weight excluding hydrogens is 218 g/mol. The molecule has 0 aromatic carbocycles. The van der Waals surface area contributed by atoms with E-state index >= 15 is 0 Å². The van der Waals surface area contributed by atoms with Gasteiger partial charge in [-0.3, -0.25) is 0 Å². The lowest BCUT2D eigenvalue weighted by molar-refractivity contribution is 0.305. The summed E-state index contributed by atoms with van der Waals surface area (Å²) in [4.78, 5) is 0. The molecule has 0 radical (unpaired) electrons. The van der Waals surface area contributed by atoms with E-state index in [1.165, 1.54) is 70.6 Å². The van der Waals surface area contributed by atoms with Crippen LogP contribution in [0.5, 0.6) is 0 Å². The van der Waals surface area contributed by atoms with Crippen molar-refractivity contribution < 1.29 is 0 Å². The highest BCUT2D eigenvalue weighted by Gasteiger charge is 2.21. The monoisotopic (exact) mass is 255 g/mol. The number of hydrogen-bond acceptors (Lipinski definition) is 1. The Morgan fingerprint density at radius 1 is 0.778 bits per heavy atom. The van der Waals surface area contributed by atoms with Crippen LogP contribution >= 0.6 is 0 Å². The molecule has 2 N–H and O–H groups in total. The predicted octanol–water partition coefficient (Wildman–Crippen LogP) is 5.67. The maximum Gasteiger partial charge on any atom is 0.0149 e. The molecule has 0 aromatic rings. The van der Waals surface area contributed by atoms with Gasteiger partial charge < -0.3 is 5.73 Å². The van der Waals surface area contributed by atoms with Crippen molar-refractivity contribution in [3.8, 4) is 0 Å². The molecule has 0 aliphatic heterocycles. The SMILES string of the molecule is CCCCCCCCCCCCC(C)(N)C(C)C. The first kappa shape index (κ1) is 18.0. The molecule has 0 saturated heterocycles. The highest BCUT2D eigenvalue weighted by Crippen LogP contribution is 2.21. The molecule has 0 aromatic heterocycles. The van der Waals surface area contributed by atoms with Crippen molar-refractivity contribution in [1.29, 1.82) is 0 Å². The van der Waals surface area contributed by atoms with Crippen LogP contribution in [-0.4, -0.2) is 5.54 Å². The quantitative estimate of drug-likeness (QED) is 0.447. The molecule has 0 aliphatic carbocycles. The van der Waals surface area contributed by atoms with E-state index in [1.807, 2.05) is 0 Å². The van der Waals surface area contributed by atoms with Crippen LogP contribution in [0.15, 0.2) is 0 Å². The van der Waals surface area contributed by atoms with Gasteiger partial charge in [0.1, 0.15) is 0 Å². The Morgan fingerprint density at radius 2 is 1.17 bits per heavy atom. The van der Waals surface area contributed by atoms with Crippen molar-refractivity contribution in [1.82, 2.24) is 0 Å². The van der Waals surface area contributed by atoms with Crippen LogP contribution in [0, 0.1) is 5.92 Å². The van der Waals surface area contributed by atoms with Crippen LogP contribution in [0.2, 0.25) is 0 Å². The second-order valence-corrected chi connectivity index (χ2v) is 6.59. The van der Waals surface area contributed by atoms with Crippen molar-refractivity contribution in [3.63, 3.8) is 0 Å². The first-order valence-corrected chi connectivity index (χ1v) is 8.29. The molecule has 0 amide bonds. The Kier molecular flexibility index (Phi) is 10.8. The molecule has 1 unspecified atom stereocenters. The molecule has 0 rings (SSSR count). The fourth-order valence-electron chi connectivity index (χ4n) is 2.28. The van der Waals surface area contributed by atoms with E-state index in [1.54, 1.807) is 0 Å². The van der Waals surface area contributed by atoms with Crippen molar-refractivity contribution in [2.45, 2.75) is 104 Å². The van der Waals surface area contributed by atoms with Gasteiger partial charge in [0.15, 0.2) is 0 Å². The van der Waals surface area contributed by atoms with Gasteiger partial charge >= 0.3 is 0 Å².